The van der Waals surface area contributed by atoms with E-state index in [4.69, 9.17) is 4.74 Å². The van der Waals surface area contributed by atoms with Crippen LogP contribution in [-0.4, -0.2) is 33.7 Å². The molecule has 1 atom stereocenters. The smallest absolute Gasteiger partial charge is 0.241 e. The molecule has 6 nitrogen and oxygen atoms in total. The van der Waals surface area contributed by atoms with E-state index in [0.717, 1.165) is 21.7 Å². The van der Waals surface area contributed by atoms with Gasteiger partial charge in [-0.25, -0.2) is 8.42 Å². The van der Waals surface area contributed by atoms with Crippen LogP contribution in [-0.2, 0) is 14.8 Å². The van der Waals surface area contributed by atoms with Crippen LogP contribution < -0.4 is 14.4 Å². The first-order chi connectivity index (χ1) is 13.1. The van der Waals surface area contributed by atoms with Gasteiger partial charge in [-0.2, -0.15) is 0 Å². The summed E-state index contributed by atoms with van der Waals surface area (Å²) in [7, 11) is -3.64. The van der Waals surface area contributed by atoms with E-state index in [1.807, 2.05) is 45.9 Å². The van der Waals surface area contributed by atoms with Crippen LogP contribution >= 0.6 is 0 Å². The Hall–Kier alpha value is -2.54. The predicted octanol–water partition coefficient (Wildman–Crippen LogP) is 3.35. The average Bonchev–Trinajstić information content (AvgIpc) is 2.61. The van der Waals surface area contributed by atoms with Crippen molar-refractivity contribution >= 4 is 21.6 Å². The number of carbonyl (C=O) groups is 1. The number of hydrogen-bond donors (Lipinski definition) is 1. The maximum atomic E-state index is 12.6. The highest BCUT2D eigenvalue weighted by Crippen LogP contribution is 2.23. The molecule has 7 heteroatoms. The van der Waals surface area contributed by atoms with Crippen LogP contribution in [0.5, 0.6) is 5.75 Å². The Morgan fingerprint density at radius 2 is 1.86 bits per heavy atom. The number of rotatable bonds is 8. The maximum Gasteiger partial charge on any atom is 0.241 e. The predicted molar refractivity (Wildman–Crippen MR) is 112 cm³/mol. The third kappa shape index (κ3) is 5.73. The van der Waals surface area contributed by atoms with Crippen LogP contribution in [0.25, 0.3) is 0 Å². The van der Waals surface area contributed by atoms with Crippen LogP contribution in [0.4, 0.5) is 5.69 Å². The van der Waals surface area contributed by atoms with Crippen LogP contribution in [0, 0.1) is 13.8 Å². The monoisotopic (exact) mass is 404 g/mol. The number of aryl methyl sites for hydroxylation is 2. The third-order valence-corrected chi connectivity index (χ3v) is 5.65. The van der Waals surface area contributed by atoms with Crippen molar-refractivity contribution in [3.05, 3.63) is 59.2 Å². The summed E-state index contributed by atoms with van der Waals surface area (Å²) in [6, 6.07) is 12.5. The molecule has 1 N–H and O–H groups in total. The summed E-state index contributed by atoms with van der Waals surface area (Å²) >= 11 is 0. The molecular weight excluding hydrogens is 376 g/mol. The minimum Gasteiger partial charge on any atom is -0.494 e. The molecule has 2 aromatic carbocycles. The normalized spacial score (nSPS) is 12.3. The first-order valence-corrected chi connectivity index (χ1v) is 11.0. The Bertz CT molecular complexity index is 941. The van der Waals surface area contributed by atoms with Gasteiger partial charge >= 0.3 is 0 Å². The van der Waals surface area contributed by atoms with Crippen molar-refractivity contribution in [1.82, 2.24) is 5.32 Å². The molecule has 0 heterocycles. The van der Waals surface area contributed by atoms with Gasteiger partial charge in [-0.15, -0.1) is 0 Å². The summed E-state index contributed by atoms with van der Waals surface area (Å²) in [5.41, 5.74) is 3.69. The lowest BCUT2D eigenvalue weighted by atomic mass is 10.0. The third-order valence-electron chi connectivity index (χ3n) is 4.51. The Labute approximate surface area is 167 Å². The Balaban J connectivity index is 2.17. The molecular formula is C21H28N2O4S. The Kier molecular flexibility index (Phi) is 7.07. The number of hydrogen-bond acceptors (Lipinski definition) is 4. The molecule has 2 rings (SSSR count). The fraction of sp³-hybridized carbons (Fsp3) is 0.381. The van der Waals surface area contributed by atoms with Crippen molar-refractivity contribution in [2.45, 2.75) is 33.7 Å². The van der Waals surface area contributed by atoms with Crippen molar-refractivity contribution in [3.63, 3.8) is 0 Å². The standard InChI is InChI=1S/C21H28N2O4S/c1-6-27-20-9-7-8-19(13-20)23(28(5,25)26)14-21(24)22-17(4)18-11-10-15(2)16(3)12-18/h7-13,17H,6,14H2,1-5H3,(H,22,24)/t17-/m1/s1. The lowest BCUT2D eigenvalue weighted by molar-refractivity contribution is -0.120. The second-order valence-corrected chi connectivity index (χ2v) is 8.74. The molecule has 0 unspecified atom stereocenters. The summed E-state index contributed by atoms with van der Waals surface area (Å²) < 4.78 is 31.1. The molecule has 152 valence electrons. The molecule has 0 radical (unpaired) electrons. The molecule has 0 bridgehead atoms. The van der Waals surface area contributed by atoms with Gasteiger partial charge in [0.2, 0.25) is 15.9 Å². The topological polar surface area (TPSA) is 75.7 Å². The average molecular weight is 405 g/mol. The number of anilines is 1. The van der Waals surface area contributed by atoms with Gasteiger partial charge in [-0.1, -0.05) is 24.3 Å². The van der Waals surface area contributed by atoms with Gasteiger partial charge in [0.05, 0.1) is 24.6 Å². The van der Waals surface area contributed by atoms with E-state index in [-0.39, 0.29) is 18.5 Å². The highest BCUT2D eigenvalue weighted by atomic mass is 32.2. The van der Waals surface area contributed by atoms with Gasteiger partial charge in [0.25, 0.3) is 0 Å². The van der Waals surface area contributed by atoms with Gasteiger partial charge in [-0.05, 0) is 56.5 Å². The van der Waals surface area contributed by atoms with Gasteiger partial charge < -0.3 is 10.1 Å². The van der Waals surface area contributed by atoms with Crippen LogP contribution in [0.15, 0.2) is 42.5 Å². The molecule has 1 amide bonds. The van der Waals surface area contributed by atoms with Gasteiger partial charge in [0.15, 0.2) is 0 Å². The SMILES string of the molecule is CCOc1cccc(N(CC(=O)N[C@H](C)c2ccc(C)c(C)c2)S(C)(=O)=O)c1. The number of ether oxygens (including phenoxy) is 1. The quantitative estimate of drug-likeness (QED) is 0.732. The van der Waals surface area contributed by atoms with E-state index in [9.17, 15) is 13.2 Å². The highest BCUT2D eigenvalue weighted by Gasteiger charge is 2.22. The zero-order valence-corrected chi connectivity index (χ0v) is 17.8. The summed E-state index contributed by atoms with van der Waals surface area (Å²) in [6.07, 6.45) is 1.08. The number of amides is 1. The van der Waals surface area contributed by atoms with Gasteiger partial charge in [0.1, 0.15) is 12.3 Å². The lowest BCUT2D eigenvalue weighted by Gasteiger charge is -2.24. The summed E-state index contributed by atoms with van der Waals surface area (Å²) in [4.78, 5) is 12.6. The van der Waals surface area contributed by atoms with E-state index in [0.29, 0.717) is 18.0 Å². The summed E-state index contributed by atoms with van der Waals surface area (Å²) in [5.74, 6) is 0.176. The fourth-order valence-corrected chi connectivity index (χ4v) is 3.68. The zero-order chi connectivity index (χ0) is 20.9. The first kappa shape index (κ1) is 21.8. The summed E-state index contributed by atoms with van der Waals surface area (Å²) in [6.45, 7) is 7.94. The lowest BCUT2D eigenvalue weighted by Crippen LogP contribution is -2.41. The number of benzene rings is 2. The summed E-state index contributed by atoms with van der Waals surface area (Å²) in [5, 5.41) is 2.88. The van der Waals surface area contributed by atoms with E-state index in [2.05, 4.69) is 5.32 Å². The molecule has 0 fully saturated rings. The molecule has 0 aliphatic carbocycles. The molecule has 0 aromatic heterocycles. The van der Waals surface area contributed by atoms with E-state index in [1.165, 1.54) is 5.56 Å². The fourth-order valence-electron chi connectivity index (χ4n) is 2.83. The minimum atomic E-state index is -3.64. The van der Waals surface area contributed by atoms with Crippen molar-refractivity contribution in [3.8, 4) is 5.75 Å². The van der Waals surface area contributed by atoms with Crippen molar-refractivity contribution < 1.29 is 17.9 Å². The molecule has 28 heavy (non-hydrogen) atoms. The van der Waals surface area contributed by atoms with Gasteiger partial charge in [-0.3, -0.25) is 9.10 Å². The molecule has 2 aromatic rings. The van der Waals surface area contributed by atoms with Crippen molar-refractivity contribution in [2.75, 3.05) is 23.7 Å². The number of nitrogens with one attached hydrogen (secondary N) is 1. The Morgan fingerprint density at radius 1 is 1.14 bits per heavy atom. The minimum absolute atomic E-state index is 0.233. The number of sulfonamides is 1. The van der Waals surface area contributed by atoms with E-state index in [1.54, 1.807) is 24.3 Å². The van der Waals surface area contributed by atoms with E-state index >= 15 is 0 Å². The van der Waals surface area contributed by atoms with Crippen molar-refractivity contribution in [2.24, 2.45) is 0 Å². The highest BCUT2D eigenvalue weighted by molar-refractivity contribution is 7.92. The molecule has 0 saturated carbocycles. The number of nitrogens with zero attached hydrogens (tertiary/aromatic N) is 1. The number of carbonyl (C=O) groups excluding carboxylic acids is 1. The molecule has 0 saturated heterocycles. The second kappa shape index (κ2) is 9.10. The molecule has 0 aliphatic rings. The molecule has 0 aliphatic heterocycles. The van der Waals surface area contributed by atoms with Crippen LogP contribution in [0.2, 0.25) is 0 Å². The van der Waals surface area contributed by atoms with Crippen LogP contribution in [0.3, 0.4) is 0 Å². The van der Waals surface area contributed by atoms with E-state index < -0.39 is 10.0 Å². The molecule has 0 spiro atoms. The Morgan fingerprint density at radius 3 is 2.46 bits per heavy atom. The van der Waals surface area contributed by atoms with Gasteiger partial charge in [0, 0.05) is 6.07 Å². The first-order valence-electron chi connectivity index (χ1n) is 9.19. The second-order valence-electron chi connectivity index (χ2n) is 6.83. The van der Waals surface area contributed by atoms with Crippen LogP contribution in [0.1, 0.15) is 36.6 Å². The van der Waals surface area contributed by atoms with Crippen molar-refractivity contribution in [1.29, 1.82) is 0 Å². The maximum absolute atomic E-state index is 12.6. The largest absolute Gasteiger partial charge is 0.494 e. The zero-order valence-electron chi connectivity index (χ0n) is 17.0.